The average Bonchev–Trinajstić information content (AvgIpc) is 2.47. The minimum absolute atomic E-state index is 0.684. The lowest BCUT2D eigenvalue weighted by atomic mass is 10.1. The average molecular weight is 170 g/mol. The number of likely N-dealkylation sites (tertiary alicyclic amines) is 1. The first kappa shape index (κ1) is 10.0. The first-order valence-corrected chi connectivity index (χ1v) is 5.18. The lowest BCUT2D eigenvalue weighted by molar-refractivity contribution is 0.244. The number of hydrogen-bond donors (Lipinski definition) is 1. The quantitative estimate of drug-likeness (QED) is 0.692. The van der Waals surface area contributed by atoms with Crippen LogP contribution in [0.2, 0.25) is 0 Å². The van der Waals surface area contributed by atoms with Crippen molar-refractivity contribution >= 4 is 0 Å². The highest BCUT2D eigenvalue weighted by Gasteiger charge is 2.22. The normalized spacial score (nSPS) is 25.5. The zero-order chi connectivity index (χ0) is 8.97. The molecule has 0 saturated carbocycles. The van der Waals surface area contributed by atoms with Crippen molar-refractivity contribution in [3.05, 3.63) is 0 Å². The summed E-state index contributed by atoms with van der Waals surface area (Å²) in [7, 11) is 0. The fraction of sp³-hybridized carbons (Fsp3) is 1.00. The third-order valence-electron chi connectivity index (χ3n) is 2.76. The molecule has 12 heavy (non-hydrogen) atoms. The molecule has 1 fully saturated rings. The second kappa shape index (κ2) is 4.83. The van der Waals surface area contributed by atoms with E-state index in [1.165, 1.54) is 32.4 Å². The molecule has 2 N–H and O–H groups in total. The van der Waals surface area contributed by atoms with E-state index in [4.69, 9.17) is 5.73 Å². The molecule has 2 nitrogen and oxygen atoms in total. The van der Waals surface area contributed by atoms with Gasteiger partial charge in [-0.15, -0.1) is 0 Å². The molecule has 0 aromatic heterocycles. The zero-order valence-corrected chi connectivity index (χ0v) is 8.42. The molecule has 1 aliphatic heterocycles. The van der Waals surface area contributed by atoms with Gasteiger partial charge in [0.1, 0.15) is 0 Å². The van der Waals surface area contributed by atoms with Crippen molar-refractivity contribution in [2.45, 2.75) is 39.2 Å². The standard InChI is InChI=1S/C10H22N2/c1-9(2)5-7-12-6-3-4-10(12)8-11/h9-10H,3-8,11H2,1-2H3. The molecular weight excluding hydrogens is 148 g/mol. The first-order valence-electron chi connectivity index (χ1n) is 5.18. The molecular formula is C10H22N2. The molecule has 0 aromatic carbocycles. The predicted octanol–water partition coefficient (Wildman–Crippen LogP) is 1.46. The Morgan fingerprint density at radius 2 is 2.25 bits per heavy atom. The second-order valence-electron chi connectivity index (χ2n) is 4.25. The Labute approximate surface area is 76.1 Å². The topological polar surface area (TPSA) is 29.3 Å². The van der Waals surface area contributed by atoms with Crippen molar-refractivity contribution in [3.63, 3.8) is 0 Å². The second-order valence-corrected chi connectivity index (χ2v) is 4.25. The molecule has 2 heteroatoms. The summed E-state index contributed by atoms with van der Waals surface area (Å²) in [5, 5.41) is 0. The Morgan fingerprint density at radius 1 is 1.50 bits per heavy atom. The van der Waals surface area contributed by atoms with E-state index < -0.39 is 0 Å². The Morgan fingerprint density at radius 3 is 2.83 bits per heavy atom. The molecule has 0 aliphatic carbocycles. The van der Waals surface area contributed by atoms with Gasteiger partial charge in [0.05, 0.1) is 0 Å². The van der Waals surface area contributed by atoms with Crippen LogP contribution in [0.5, 0.6) is 0 Å². The molecule has 1 aliphatic rings. The van der Waals surface area contributed by atoms with E-state index in [1.54, 1.807) is 0 Å². The molecule has 72 valence electrons. The number of nitrogens with two attached hydrogens (primary N) is 1. The van der Waals surface area contributed by atoms with E-state index in [2.05, 4.69) is 18.7 Å². The van der Waals surface area contributed by atoms with Gasteiger partial charge in [-0.2, -0.15) is 0 Å². The maximum atomic E-state index is 5.69. The monoisotopic (exact) mass is 170 g/mol. The summed E-state index contributed by atoms with van der Waals surface area (Å²) in [6.45, 7) is 7.94. The fourth-order valence-electron chi connectivity index (χ4n) is 1.88. The smallest absolute Gasteiger partial charge is 0.0218 e. The summed E-state index contributed by atoms with van der Waals surface area (Å²) >= 11 is 0. The highest BCUT2D eigenvalue weighted by molar-refractivity contribution is 4.79. The first-order chi connectivity index (χ1) is 5.74. The van der Waals surface area contributed by atoms with Crippen molar-refractivity contribution in [3.8, 4) is 0 Å². The van der Waals surface area contributed by atoms with Crippen LogP contribution in [0.4, 0.5) is 0 Å². The lowest BCUT2D eigenvalue weighted by Gasteiger charge is -2.23. The van der Waals surface area contributed by atoms with E-state index in [9.17, 15) is 0 Å². The van der Waals surface area contributed by atoms with Gasteiger partial charge in [-0.05, 0) is 38.3 Å². The molecule has 0 amide bonds. The van der Waals surface area contributed by atoms with Crippen LogP contribution >= 0.6 is 0 Å². The van der Waals surface area contributed by atoms with Gasteiger partial charge in [0, 0.05) is 12.6 Å². The van der Waals surface area contributed by atoms with E-state index >= 15 is 0 Å². The molecule has 0 bridgehead atoms. The Balaban J connectivity index is 2.21. The molecule has 0 radical (unpaired) electrons. The largest absolute Gasteiger partial charge is 0.329 e. The van der Waals surface area contributed by atoms with Gasteiger partial charge < -0.3 is 5.73 Å². The SMILES string of the molecule is CC(C)CCN1CCCC1CN. The van der Waals surface area contributed by atoms with Crippen molar-refractivity contribution in [1.29, 1.82) is 0 Å². The fourth-order valence-corrected chi connectivity index (χ4v) is 1.88. The van der Waals surface area contributed by atoms with Crippen LogP contribution in [-0.2, 0) is 0 Å². The van der Waals surface area contributed by atoms with Crippen molar-refractivity contribution in [2.75, 3.05) is 19.6 Å². The van der Waals surface area contributed by atoms with E-state index in [-0.39, 0.29) is 0 Å². The number of rotatable bonds is 4. The van der Waals surface area contributed by atoms with Crippen LogP contribution in [-0.4, -0.2) is 30.6 Å². The van der Waals surface area contributed by atoms with E-state index in [1.807, 2.05) is 0 Å². The van der Waals surface area contributed by atoms with Crippen LogP contribution < -0.4 is 5.73 Å². The van der Waals surface area contributed by atoms with E-state index in [0.29, 0.717) is 6.04 Å². The van der Waals surface area contributed by atoms with Crippen LogP contribution in [0.3, 0.4) is 0 Å². The van der Waals surface area contributed by atoms with Crippen LogP contribution in [0.1, 0.15) is 33.1 Å². The van der Waals surface area contributed by atoms with Crippen LogP contribution in [0.15, 0.2) is 0 Å². The summed E-state index contributed by atoms with van der Waals surface area (Å²) in [5.41, 5.74) is 5.69. The van der Waals surface area contributed by atoms with E-state index in [0.717, 1.165) is 12.5 Å². The molecule has 1 rings (SSSR count). The zero-order valence-electron chi connectivity index (χ0n) is 8.42. The number of hydrogen-bond acceptors (Lipinski definition) is 2. The maximum absolute atomic E-state index is 5.69. The van der Waals surface area contributed by atoms with Crippen LogP contribution in [0, 0.1) is 5.92 Å². The Kier molecular flexibility index (Phi) is 4.02. The van der Waals surface area contributed by atoms with Crippen molar-refractivity contribution < 1.29 is 0 Å². The van der Waals surface area contributed by atoms with Crippen LogP contribution in [0.25, 0.3) is 0 Å². The van der Waals surface area contributed by atoms with Gasteiger partial charge in [0.15, 0.2) is 0 Å². The minimum atomic E-state index is 0.684. The Bertz CT molecular complexity index is 123. The molecule has 1 atom stereocenters. The highest BCUT2D eigenvalue weighted by Crippen LogP contribution is 2.17. The molecule has 1 heterocycles. The molecule has 1 saturated heterocycles. The third-order valence-corrected chi connectivity index (χ3v) is 2.76. The highest BCUT2D eigenvalue weighted by atomic mass is 15.2. The summed E-state index contributed by atoms with van der Waals surface area (Å²) in [6.07, 6.45) is 3.98. The predicted molar refractivity (Wildman–Crippen MR) is 53.1 cm³/mol. The van der Waals surface area contributed by atoms with Gasteiger partial charge >= 0.3 is 0 Å². The Hall–Kier alpha value is -0.0800. The summed E-state index contributed by atoms with van der Waals surface area (Å²) in [4.78, 5) is 2.56. The minimum Gasteiger partial charge on any atom is -0.329 e. The van der Waals surface area contributed by atoms with Crippen molar-refractivity contribution in [1.82, 2.24) is 4.90 Å². The summed E-state index contributed by atoms with van der Waals surface area (Å²) in [5.74, 6) is 0.823. The molecule has 0 spiro atoms. The van der Waals surface area contributed by atoms with Gasteiger partial charge in [0.2, 0.25) is 0 Å². The molecule has 1 unspecified atom stereocenters. The third kappa shape index (κ3) is 2.76. The summed E-state index contributed by atoms with van der Waals surface area (Å²) < 4.78 is 0. The van der Waals surface area contributed by atoms with Gasteiger partial charge in [0.25, 0.3) is 0 Å². The van der Waals surface area contributed by atoms with Gasteiger partial charge in [-0.25, -0.2) is 0 Å². The lowest BCUT2D eigenvalue weighted by Crippen LogP contribution is -2.36. The number of nitrogens with zero attached hydrogens (tertiary/aromatic N) is 1. The summed E-state index contributed by atoms with van der Waals surface area (Å²) in [6, 6.07) is 0.684. The van der Waals surface area contributed by atoms with Crippen molar-refractivity contribution in [2.24, 2.45) is 11.7 Å². The molecule has 0 aromatic rings. The van der Waals surface area contributed by atoms with Gasteiger partial charge in [-0.1, -0.05) is 13.8 Å². The van der Waals surface area contributed by atoms with Gasteiger partial charge in [-0.3, -0.25) is 4.90 Å². The maximum Gasteiger partial charge on any atom is 0.0218 e.